The largest absolute Gasteiger partial charge is 0.492 e. The van der Waals surface area contributed by atoms with Crippen LogP contribution < -0.4 is 10.1 Å². The van der Waals surface area contributed by atoms with Gasteiger partial charge in [-0.25, -0.2) is 0 Å². The summed E-state index contributed by atoms with van der Waals surface area (Å²) in [6, 6.07) is 10.6. The van der Waals surface area contributed by atoms with Gasteiger partial charge in [-0.15, -0.1) is 0 Å². The number of nitrogens with one attached hydrogen (secondary N) is 1. The average Bonchev–Trinajstić information content (AvgIpc) is 2.48. The number of amides is 1. The molecule has 3 nitrogen and oxygen atoms in total. The van der Waals surface area contributed by atoms with Gasteiger partial charge in [0.05, 0.1) is 17.3 Å². The van der Waals surface area contributed by atoms with Crippen LogP contribution in [0.1, 0.15) is 12.8 Å². The summed E-state index contributed by atoms with van der Waals surface area (Å²) in [5.74, 6) is 0.492. The normalized spacial score (nSPS) is 10.4. The van der Waals surface area contributed by atoms with Crippen LogP contribution in [0.25, 0.3) is 0 Å². The monoisotopic (exact) mass is 479 g/mol. The van der Waals surface area contributed by atoms with Crippen molar-refractivity contribution in [3.8, 4) is 5.75 Å². The summed E-state index contributed by atoms with van der Waals surface area (Å²) < 4.78 is 7.31. The summed E-state index contributed by atoms with van der Waals surface area (Å²) in [6.07, 6.45) is 0.937. The molecule has 0 aromatic heterocycles. The number of ether oxygens (including phenoxy) is 1. The second-order valence-corrected chi connectivity index (χ2v) is 7.31. The predicted octanol–water partition coefficient (Wildman–Crippen LogP) is 6.32. The summed E-state index contributed by atoms with van der Waals surface area (Å²) in [5, 5.41) is 3.87. The fraction of sp³-hybridized carbons (Fsp3) is 0.188. The Morgan fingerprint density at radius 3 is 2.61 bits per heavy atom. The molecule has 0 radical (unpaired) electrons. The molecule has 0 aliphatic rings. The minimum Gasteiger partial charge on any atom is -0.492 e. The summed E-state index contributed by atoms with van der Waals surface area (Å²) in [5.41, 5.74) is 0.736. The molecule has 2 aromatic rings. The molecule has 23 heavy (non-hydrogen) atoms. The molecule has 0 fully saturated rings. The summed E-state index contributed by atoms with van der Waals surface area (Å²) in [6.45, 7) is 0.399. The molecule has 0 heterocycles. The highest BCUT2D eigenvalue weighted by molar-refractivity contribution is 9.11. The lowest BCUT2D eigenvalue weighted by atomic mass is 10.2. The second-order valence-electron chi connectivity index (χ2n) is 4.70. The molecule has 7 heteroatoms. The van der Waals surface area contributed by atoms with E-state index in [2.05, 4.69) is 37.2 Å². The molecule has 0 atom stereocenters. The first kappa shape index (κ1) is 18.6. The highest BCUT2D eigenvalue weighted by Crippen LogP contribution is 2.28. The first-order chi connectivity index (χ1) is 11.0. The van der Waals surface area contributed by atoms with E-state index in [1.165, 1.54) is 0 Å². The van der Waals surface area contributed by atoms with E-state index in [4.69, 9.17) is 27.9 Å². The molecule has 0 bridgehead atoms. The average molecular weight is 482 g/mol. The maximum atomic E-state index is 11.9. The fourth-order valence-electron chi connectivity index (χ4n) is 1.81. The van der Waals surface area contributed by atoms with Gasteiger partial charge >= 0.3 is 0 Å². The van der Waals surface area contributed by atoms with Crippen LogP contribution in [-0.2, 0) is 4.79 Å². The van der Waals surface area contributed by atoms with Crippen molar-refractivity contribution >= 4 is 66.7 Å². The van der Waals surface area contributed by atoms with Crippen LogP contribution in [-0.4, -0.2) is 12.5 Å². The molecule has 2 aromatic carbocycles. The fourth-order valence-corrected chi connectivity index (χ4v) is 3.42. The first-order valence-electron chi connectivity index (χ1n) is 6.78. The standard InChI is InChI=1S/C16H13Br2Cl2NO2/c17-10-3-5-14(12(18)8-10)21-16(22)2-1-7-23-15-6-4-11(19)9-13(15)20/h3-6,8-9H,1-2,7H2,(H,21,22). The minimum atomic E-state index is -0.0705. The molecule has 0 aliphatic heterocycles. The third-order valence-corrected chi connectivity index (χ3v) is 4.58. The summed E-state index contributed by atoms with van der Waals surface area (Å²) in [4.78, 5) is 11.9. The number of hydrogen-bond donors (Lipinski definition) is 1. The molecule has 0 aliphatic carbocycles. The Morgan fingerprint density at radius 1 is 1.13 bits per heavy atom. The number of carbonyl (C=O) groups excluding carboxylic acids is 1. The van der Waals surface area contributed by atoms with Gasteiger partial charge in [0.2, 0.25) is 5.91 Å². The number of rotatable bonds is 6. The summed E-state index contributed by atoms with van der Waals surface area (Å²) >= 11 is 18.6. The lowest BCUT2D eigenvalue weighted by Crippen LogP contribution is -2.13. The van der Waals surface area contributed by atoms with Crippen LogP contribution in [0.3, 0.4) is 0 Å². The Labute approximate surface area is 161 Å². The van der Waals surface area contributed by atoms with E-state index in [-0.39, 0.29) is 5.91 Å². The number of benzene rings is 2. The van der Waals surface area contributed by atoms with E-state index >= 15 is 0 Å². The number of halogens is 4. The molecule has 0 spiro atoms. The molecule has 1 amide bonds. The van der Waals surface area contributed by atoms with E-state index in [0.717, 1.165) is 14.6 Å². The molecule has 122 valence electrons. The smallest absolute Gasteiger partial charge is 0.224 e. The van der Waals surface area contributed by atoms with Gasteiger partial charge in [0.1, 0.15) is 5.75 Å². The maximum absolute atomic E-state index is 11.9. The van der Waals surface area contributed by atoms with Crippen molar-refractivity contribution in [3.63, 3.8) is 0 Å². The second kappa shape index (κ2) is 8.92. The Hall–Kier alpha value is -0.750. The van der Waals surface area contributed by atoms with Crippen molar-refractivity contribution < 1.29 is 9.53 Å². The Kier molecular flexibility index (Phi) is 7.21. The number of hydrogen-bond acceptors (Lipinski definition) is 2. The Morgan fingerprint density at radius 2 is 1.91 bits per heavy atom. The highest BCUT2D eigenvalue weighted by Gasteiger charge is 2.07. The maximum Gasteiger partial charge on any atom is 0.224 e. The minimum absolute atomic E-state index is 0.0705. The van der Waals surface area contributed by atoms with E-state index in [9.17, 15) is 4.79 Å². The van der Waals surface area contributed by atoms with Crippen molar-refractivity contribution in [2.75, 3.05) is 11.9 Å². The van der Waals surface area contributed by atoms with Gasteiger partial charge < -0.3 is 10.1 Å². The van der Waals surface area contributed by atoms with Crippen LogP contribution in [0, 0.1) is 0 Å². The molecule has 0 saturated carbocycles. The zero-order valence-corrected chi connectivity index (χ0v) is 16.6. The van der Waals surface area contributed by atoms with Crippen LogP contribution in [0.15, 0.2) is 45.3 Å². The van der Waals surface area contributed by atoms with Crippen molar-refractivity contribution in [3.05, 3.63) is 55.4 Å². The molecular weight excluding hydrogens is 469 g/mol. The van der Waals surface area contributed by atoms with Gasteiger partial charge in [0, 0.05) is 20.4 Å². The van der Waals surface area contributed by atoms with Gasteiger partial charge in [-0.2, -0.15) is 0 Å². The SMILES string of the molecule is O=C(CCCOc1ccc(Cl)cc1Cl)Nc1ccc(Br)cc1Br. The summed E-state index contributed by atoms with van der Waals surface area (Å²) in [7, 11) is 0. The molecule has 2 rings (SSSR count). The molecule has 1 N–H and O–H groups in total. The van der Waals surface area contributed by atoms with Gasteiger partial charge in [-0.3, -0.25) is 4.79 Å². The Balaban J connectivity index is 1.76. The third kappa shape index (κ3) is 5.99. The van der Waals surface area contributed by atoms with Crippen LogP contribution >= 0.6 is 55.1 Å². The highest BCUT2D eigenvalue weighted by atomic mass is 79.9. The van der Waals surface area contributed by atoms with Gasteiger partial charge in [-0.05, 0) is 58.7 Å². The number of anilines is 1. The van der Waals surface area contributed by atoms with Crippen LogP contribution in [0.5, 0.6) is 5.75 Å². The Bertz CT molecular complexity index is 710. The lowest BCUT2D eigenvalue weighted by Gasteiger charge is -2.09. The lowest BCUT2D eigenvalue weighted by molar-refractivity contribution is -0.116. The van der Waals surface area contributed by atoms with Crippen LogP contribution in [0.4, 0.5) is 5.69 Å². The van der Waals surface area contributed by atoms with E-state index in [0.29, 0.717) is 35.2 Å². The topological polar surface area (TPSA) is 38.3 Å². The zero-order chi connectivity index (χ0) is 16.8. The zero-order valence-electron chi connectivity index (χ0n) is 11.9. The quantitative estimate of drug-likeness (QED) is 0.490. The van der Waals surface area contributed by atoms with Crippen molar-refractivity contribution in [1.82, 2.24) is 0 Å². The molecule has 0 saturated heterocycles. The molecular formula is C16H13Br2Cl2NO2. The van der Waals surface area contributed by atoms with E-state index in [1.807, 2.05) is 18.2 Å². The van der Waals surface area contributed by atoms with E-state index < -0.39 is 0 Å². The van der Waals surface area contributed by atoms with Gasteiger partial charge in [-0.1, -0.05) is 39.1 Å². The van der Waals surface area contributed by atoms with Gasteiger partial charge in [0.25, 0.3) is 0 Å². The van der Waals surface area contributed by atoms with Crippen molar-refractivity contribution in [2.24, 2.45) is 0 Å². The first-order valence-corrected chi connectivity index (χ1v) is 9.12. The predicted molar refractivity (Wildman–Crippen MR) is 102 cm³/mol. The van der Waals surface area contributed by atoms with Gasteiger partial charge in [0.15, 0.2) is 0 Å². The van der Waals surface area contributed by atoms with Crippen molar-refractivity contribution in [2.45, 2.75) is 12.8 Å². The number of carbonyl (C=O) groups is 1. The van der Waals surface area contributed by atoms with Crippen LogP contribution in [0.2, 0.25) is 10.0 Å². The third-order valence-electron chi connectivity index (χ3n) is 2.90. The molecule has 0 unspecified atom stereocenters. The van der Waals surface area contributed by atoms with E-state index in [1.54, 1.807) is 18.2 Å². The van der Waals surface area contributed by atoms with Crippen molar-refractivity contribution in [1.29, 1.82) is 0 Å².